The average molecular weight is 562 g/mol. The first-order valence-corrected chi connectivity index (χ1v) is 13.2. The van der Waals surface area contributed by atoms with Crippen LogP contribution in [0.5, 0.6) is 5.75 Å². The number of ether oxygens (including phenoxy) is 1. The molecule has 0 aliphatic carbocycles. The quantitative estimate of drug-likeness (QED) is 0.363. The summed E-state index contributed by atoms with van der Waals surface area (Å²) in [5, 5.41) is 0.765. The van der Waals surface area contributed by atoms with Gasteiger partial charge in [-0.05, 0) is 43.7 Å². The van der Waals surface area contributed by atoms with Crippen molar-refractivity contribution >= 4 is 46.4 Å². The van der Waals surface area contributed by atoms with E-state index >= 15 is 0 Å². The van der Waals surface area contributed by atoms with E-state index in [1.165, 1.54) is 25.1 Å². The average Bonchev–Trinajstić information content (AvgIpc) is 3.40. The topological polar surface area (TPSA) is 102 Å². The van der Waals surface area contributed by atoms with Crippen molar-refractivity contribution in [3.8, 4) is 16.9 Å². The lowest BCUT2D eigenvalue weighted by atomic mass is 9.48. The molecule has 4 heterocycles. The Morgan fingerprint density at radius 3 is 2.45 bits per heavy atom. The van der Waals surface area contributed by atoms with Crippen LogP contribution >= 0.6 is 0 Å². The van der Waals surface area contributed by atoms with E-state index in [1.807, 2.05) is 36.6 Å². The van der Waals surface area contributed by atoms with Crippen LogP contribution in [-0.2, 0) is 10.3 Å². The summed E-state index contributed by atoms with van der Waals surface area (Å²) in [6.45, 7) is 1.94. The number of fused-ring (bicyclic) bond motifs is 9. The molecule has 42 heavy (non-hydrogen) atoms. The summed E-state index contributed by atoms with van der Waals surface area (Å²) in [5.74, 6) is -0.0290. The minimum atomic E-state index is -3.11. The van der Waals surface area contributed by atoms with Gasteiger partial charge in [0.2, 0.25) is 5.91 Å². The first-order valence-electron chi connectivity index (χ1n) is 13.2. The summed E-state index contributed by atoms with van der Waals surface area (Å²) in [5.41, 5.74) is 2.38. The third kappa shape index (κ3) is 4.53. The van der Waals surface area contributed by atoms with E-state index in [0.717, 1.165) is 10.5 Å². The van der Waals surface area contributed by atoms with Crippen LogP contribution in [0.25, 0.3) is 22.2 Å². The molecule has 0 unspecified atom stereocenters. The number of hydrogen-bond acceptors (Lipinski definition) is 6. The molecule has 4 aromatic rings. The van der Waals surface area contributed by atoms with Crippen LogP contribution in [0.3, 0.4) is 0 Å². The van der Waals surface area contributed by atoms with Crippen molar-refractivity contribution in [2.24, 2.45) is 0 Å². The fourth-order valence-corrected chi connectivity index (χ4v) is 6.03. The summed E-state index contributed by atoms with van der Waals surface area (Å²) in [7, 11) is 18.3. The van der Waals surface area contributed by atoms with Crippen molar-refractivity contribution in [3.63, 3.8) is 0 Å². The molecule has 0 saturated carbocycles. The number of rotatable bonds is 6. The van der Waals surface area contributed by atoms with Crippen LogP contribution < -0.4 is 10.1 Å². The molecule has 2 aliphatic heterocycles. The summed E-state index contributed by atoms with van der Waals surface area (Å²) >= 11 is 0. The maximum Gasteiger partial charge on any atom is 0.387 e. The van der Waals surface area contributed by atoms with E-state index in [2.05, 4.69) is 15.3 Å². The first kappa shape index (κ1) is 27.9. The molecule has 2 aromatic carbocycles. The Labute approximate surface area is 244 Å². The molecular formula is C28H23B3F2N6O3. The molecule has 14 heteroatoms. The second kappa shape index (κ2) is 9.67. The Balaban J connectivity index is 1.50. The van der Waals surface area contributed by atoms with Gasteiger partial charge in [0.25, 0.3) is 5.91 Å². The van der Waals surface area contributed by atoms with Crippen molar-refractivity contribution in [2.45, 2.75) is 56.7 Å². The fourth-order valence-electron chi connectivity index (χ4n) is 6.03. The predicted molar refractivity (Wildman–Crippen MR) is 152 cm³/mol. The lowest BCUT2D eigenvalue weighted by molar-refractivity contribution is -0.120. The number of imidazole rings is 1. The third-order valence-corrected chi connectivity index (χ3v) is 7.60. The number of carbonyl (C=O) groups is 2. The summed E-state index contributed by atoms with van der Waals surface area (Å²) in [6.07, 6.45) is 3.57. The third-order valence-electron chi connectivity index (χ3n) is 7.60. The van der Waals surface area contributed by atoms with Gasteiger partial charge in [-0.25, -0.2) is 15.0 Å². The van der Waals surface area contributed by atoms with Gasteiger partial charge in [-0.3, -0.25) is 9.59 Å². The largest absolute Gasteiger partial charge is 0.434 e. The molecule has 2 amide bonds. The maximum atomic E-state index is 13.7. The van der Waals surface area contributed by atoms with Gasteiger partial charge in [-0.2, -0.15) is 8.78 Å². The Hall–Kier alpha value is -4.22. The number of aromatic nitrogens is 4. The molecule has 2 bridgehead atoms. The highest BCUT2D eigenvalue weighted by Crippen LogP contribution is 2.51. The van der Waals surface area contributed by atoms with Crippen molar-refractivity contribution in [1.82, 2.24) is 29.7 Å². The number of alkyl halides is 2. The standard InChI is InChI=1S/C28H23B3F2N6O3/c1-13(40)37-27(2,3)25-34-11-15(12-35-25)14-7-8-17-18(9-14)38-19-10-20(23(38)36-17)39(28(29,30)31)24(41)16-5-4-6-21(22(16)19)42-26(32)33/h4-9,11-12,19-20,26H,10H2,1-3H3,(H,37,40)/t19-,20-/m1/s1. The predicted octanol–water partition coefficient (Wildman–Crippen LogP) is 3.07. The molecule has 206 valence electrons. The van der Waals surface area contributed by atoms with Crippen LogP contribution in [0.15, 0.2) is 48.8 Å². The lowest BCUT2D eigenvalue weighted by Gasteiger charge is -2.41. The molecule has 0 saturated heterocycles. The number of halogens is 2. The second-order valence-corrected chi connectivity index (χ2v) is 11.1. The smallest absolute Gasteiger partial charge is 0.387 e. The normalized spacial score (nSPS) is 18.1. The van der Waals surface area contributed by atoms with Crippen molar-refractivity contribution in [2.75, 3.05) is 0 Å². The molecular weight excluding hydrogens is 539 g/mol. The van der Waals surface area contributed by atoms with E-state index < -0.39 is 35.4 Å². The first-order chi connectivity index (χ1) is 19.8. The Kier molecular flexibility index (Phi) is 6.43. The number of carbonyl (C=O) groups excluding carboxylic acids is 2. The van der Waals surface area contributed by atoms with Gasteiger partial charge in [0.1, 0.15) is 11.6 Å². The minimum absolute atomic E-state index is 0.112. The van der Waals surface area contributed by atoms with Crippen LogP contribution in [0.2, 0.25) is 0 Å². The highest BCUT2D eigenvalue weighted by Gasteiger charge is 2.48. The molecule has 2 aromatic heterocycles. The fraction of sp³-hybridized carbons (Fsp3) is 0.321. The number of benzene rings is 2. The van der Waals surface area contributed by atoms with E-state index in [1.54, 1.807) is 12.4 Å². The SMILES string of the molecule is [B]C([B])([B])N1C(=O)c2cccc(OC(F)F)c2[C@H]2C[C@@H]1c1nc3ccc(-c4cnc(C(C)(C)NC(C)=O)nc4)cc3n12. The molecule has 2 aliphatic rings. The molecule has 6 rings (SSSR count). The Morgan fingerprint density at radius 1 is 1.10 bits per heavy atom. The summed E-state index contributed by atoms with van der Waals surface area (Å²) < 4.78 is 33.7. The van der Waals surface area contributed by atoms with Gasteiger partial charge in [0, 0.05) is 42.4 Å². The van der Waals surface area contributed by atoms with Gasteiger partial charge < -0.3 is 19.5 Å². The highest BCUT2D eigenvalue weighted by molar-refractivity contribution is 6.60. The minimum Gasteiger partial charge on any atom is -0.434 e. The Bertz CT molecular complexity index is 1740. The molecule has 1 N–H and O–H groups in total. The zero-order valence-electron chi connectivity index (χ0n) is 23.0. The van der Waals surface area contributed by atoms with Crippen molar-refractivity contribution in [3.05, 3.63) is 71.6 Å². The zero-order valence-corrected chi connectivity index (χ0v) is 23.0. The number of amides is 2. The monoisotopic (exact) mass is 562 g/mol. The molecule has 6 radical (unpaired) electrons. The van der Waals surface area contributed by atoms with E-state index in [4.69, 9.17) is 33.3 Å². The van der Waals surface area contributed by atoms with Gasteiger partial charge in [-0.1, -0.05) is 17.4 Å². The van der Waals surface area contributed by atoms with Crippen LogP contribution in [0.1, 0.15) is 66.8 Å². The lowest BCUT2D eigenvalue weighted by Crippen LogP contribution is -2.54. The Morgan fingerprint density at radius 2 is 1.81 bits per heavy atom. The number of nitrogens with one attached hydrogen (secondary N) is 1. The van der Waals surface area contributed by atoms with Crippen molar-refractivity contribution in [1.29, 1.82) is 0 Å². The van der Waals surface area contributed by atoms with Gasteiger partial charge in [-0.15, -0.1) is 0 Å². The number of hydrogen-bond donors (Lipinski definition) is 1. The second-order valence-electron chi connectivity index (χ2n) is 11.1. The maximum absolute atomic E-state index is 13.7. The van der Waals surface area contributed by atoms with Crippen molar-refractivity contribution < 1.29 is 23.1 Å². The van der Waals surface area contributed by atoms with Gasteiger partial charge in [0.05, 0.1) is 52.2 Å². The number of nitrogens with zero attached hydrogens (tertiary/aromatic N) is 5. The molecule has 9 nitrogen and oxygen atoms in total. The van der Waals surface area contributed by atoms with E-state index in [-0.39, 0.29) is 29.2 Å². The van der Waals surface area contributed by atoms with Crippen LogP contribution in [0, 0.1) is 0 Å². The zero-order chi connectivity index (χ0) is 30.1. The molecule has 0 fully saturated rings. The van der Waals surface area contributed by atoms with Gasteiger partial charge in [0.15, 0.2) is 5.82 Å². The van der Waals surface area contributed by atoms with Crippen LogP contribution in [-0.4, -0.2) is 71.6 Å². The summed E-state index contributed by atoms with van der Waals surface area (Å²) in [6, 6.07) is 8.59. The summed E-state index contributed by atoms with van der Waals surface area (Å²) in [4.78, 5) is 40.2. The van der Waals surface area contributed by atoms with E-state index in [9.17, 15) is 18.4 Å². The van der Waals surface area contributed by atoms with E-state index in [0.29, 0.717) is 28.2 Å². The molecule has 2 atom stereocenters. The molecule has 0 spiro atoms. The van der Waals surface area contributed by atoms with Crippen LogP contribution in [0.4, 0.5) is 8.78 Å². The highest BCUT2D eigenvalue weighted by atomic mass is 19.3. The van der Waals surface area contributed by atoms with Gasteiger partial charge >= 0.3 is 6.61 Å².